The second-order valence-corrected chi connectivity index (χ2v) is 5.69. The predicted octanol–water partition coefficient (Wildman–Crippen LogP) is 4.02. The van der Waals surface area contributed by atoms with Gasteiger partial charge in [-0.3, -0.25) is 4.79 Å². The van der Waals surface area contributed by atoms with Crippen molar-refractivity contribution in [1.29, 1.82) is 0 Å². The van der Waals surface area contributed by atoms with Gasteiger partial charge in [0.15, 0.2) is 0 Å². The summed E-state index contributed by atoms with van der Waals surface area (Å²) in [5.41, 5.74) is 3.64. The first-order valence-electron chi connectivity index (χ1n) is 6.54. The van der Waals surface area contributed by atoms with E-state index in [4.69, 9.17) is 5.73 Å². The number of amides is 1. The van der Waals surface area contributed by atoms with E-state index in [0.717, 1.165) is 0 Å². The molecule has 24 heavy (non-hydrogen) atoms. The topological polar surface area (TPSA) is 60.4 Å². The van der Waals surface area contributed by atoms with Crippen LogP contribution in [0.25, 0.3) is 16.8 Å². The normalized spacial score (nSPS) is 11.9. The fraction of sp³-hybridized carbons (Fsp3) is 0.0667. The summed E-state index contributed by atoms with van der Waals surface area (Å²) < 4.78 is 54.2. The van der Waals surface area contributed by atoms with Crippen LogP contribution >= 0.6 is 15.9 Å². The van der Waals surface area contributed by atoms with E-state index in [2.05, 4.69) is 21.0 Å². The molecule has 0 saturated carbocycles. The van der Waals surface area contributed by atoms with E-state index in [1.54, 1.807) is 12.1 Å². The lowest BCUT2D eigenvalue weighted by Crippen LogP contribution is -2.13. The highest BCUT2D eigenvalue weighted by Crippen LogP contribution is 2.42. The fourth-order valence-electron chi connectivity index (χ4n) is 2.41. The van der Waals surface area contributed by atoms with Gasteiger partial charge >= 0.3 is 6.18 Å². The van der Waals surface area contributed by atoms with Crippen molar-refractivity contribution in [3.63, 3.8) is 0 Å². The molecule has 2 heterocycles. The Bertz CT molecular complexity index is 965. The molecule has 0 bridgehead atoms. The quantitative estimate of drug-likeness (QED) is 0.659. The molecule has 2 aromatic heterocycles. The van der Waals surface area contributed by atoms with E-state index in [9.17, 15) is 22.4 Å². The lowest BCUT2D eigenvalue weighted by atomic mass is 10.0. The molecule has 3 aromatic rings. The molecule has 0 aliphatic rings. The maximum atomic E-state index is 14.3. The van der Waals surface area contributed by atoms with E-state index in [1.165, 1.54) is 16.8 Å². The van der Waals surface area contributed by atoms with Crippen molar-refractivity contribution in [2.45, 2.75) is 6.18 Å². The molecule has 0 atom stereocenters. The van der Waals surface area contributed by atoms with Gasteiger partial charge in [-0.1, -0.05) is 6.07 Å². The van der Waals surface area contributed by atoms with Gasteiger partial charge in [0, 0.05) is 10.7 Å². The average Bonchev–Trinajstić information content (AvgIpc) is 2.84. The van der Waals surface area contributed by atoms with Gasteiger partial charge in [0.1, 0.15) is 11.5 Å². The molecule has 0 fully saturated rings. The maximum absolute atomic E-state index is 14.3. The number of benzene rings is 1. The van der Waals surface area contributed by atoms with Crippen molar-refractivity contribution >= 4 is 27.4 Å². The van der Waals surface area contributed by atoms with Crippen LogP contribution in [0.5, 0.6) is 0 Å². The standard InChI is InChI=1S/C15H8BrF4N3O/c16-12-7(15(18,19)20)4-5-8(17)10(12)13-11(14(21)24)9-3-1-2-6-23(9)22-13/h1-6H,(H2,21,24). The molecule has 0 spiro atoms. The van der Waals surface area contributed by atoms with Crippen LogP contribution < -0.4 is 5.73 Å². The number of halogens is 5. The van der Waals surface area contributed by atoms with Crippen LogP contribution in [0.15, 0.2) is 41.0 Å². The van der Waals surface area contributed by atoms with Crippen molar-refractivity contribution in [3.05, 3.63) is 57.9 Å². The van der Waals surface area contributed by atoms with Gasteiger partial charge in [0.25, 0.3) is 5.91 Å². The number of hydrogen-bond donors (Lipinski definition) is 1. The van der Waals surface area contributed by atoms with Crippen molar-refractivity contribution < 1.29 is 22.4 Å². The Morgan fingerprint density at radius 1 is 1.21 bits per heavy atom. The lowest BCUT2D eigenvalue weighted by molar-refractivity contribution is -0.138. The zero-order valence-electron chi connectivity index (χ0n) is 11.7. The molecule has 0 saturated heterocycles. The summed E-state index contributed by atoms with van der Waals surface area (Å²) in [5.74, 6) is -1.88. The molecule has 0 aliphatic heterocycles. The fourth-order valence-corrected chi connectivity index (χ4v) is 3.14. The first kappa shape index (κ1) is 16.4. The van der Waals surface area contributed by atoms with Crippen LogP contribution in [-0.2, 0) is 6.18 Å². The summed E-state index contributed by atoms with van der Waals surface area (Å²) in [6.07, 6.45) is -3.22. The van der Waals surface area contributed by atoms with E-state index in [1.807, 2.05) is 0 Å². The number of hydrogen-bond acceptors (Lipinski definition) is 2. The van der Waals surface area contributed by atoms with Crippen molar-refractivity contribution in [1.82, 2.24) is 9.61 Å². The van der Waals surface area contributed by atoms with E-state index in [-0.39, 0.29) is 16.8 Å². The third-order valence-corrected chi connectivity index (χ3v) is 4.24. The number of fused-ring (bicyclic) bond motifs is 1. The highest BCUT2D eigenvalue weighted by atomic mass is 79.9. The largest absolute Gasteiger partial charge is 0.417 e. The zero-order chi connectivity index (χ0) is 17.6. The molecule has 1 amide bonds. The molecular formula is C15H8BrF4N3O. The number of carbonyl (C=O) groups is 1. The summed E-state index contributed by atoms with van der Waals surface area (Å²) in [6, 6.07) is 6.01. The Kier molecular flexibility index (Phi) is 3.83. The third-order valence-electron chi connectivity index (χ3n) is 3.42. The first-order chi connectivity index (χ1) is 11.2. The minimum Gasteiger partial charge on any atom is -0.365 e. The lowest BCUT2D eigenvalue weighted by Gasteiger charge is -2.13. The van der Waals surface area contributed by atoms with Gasteiger partial charge in [-0.05, 0) is 40.2 Å². The molecule has 0 unspecified atom stereocenters. The van der Waals surface area contributed by atoms with Crippen LogP contribution in [0.2, 0.25) is 0 Å². The van der Waals surface area contributed by atoms with Crippen LogP contribution in [-0.4, -0.2) is 15.5 Å². The van der Waals surface area contributed by atoms with Crippen LogP contribution in [0, 0.1) is 5.82 Å². The van der Waals surface area contributed by atoms with E-state index < -0.39 is 33.5 Å². The van der Waals surface area contributed by atoms with Crippen LogP contribution in [0.4, 0.5) is 17.6 Å². The molecule has 2 N–H and O–H groups in total. The van der Waals surface area contributed by atoms with Gasteiger partial charge in [-0.2, -0.15) is 18.3 Å². The highest BCUT2D eigenvalue weighted by Gasteiger charge is 2.36. The first-order valence-corrected chi connectivity index (χ1v) is 7.34. The third kappa shape index (κ3) is 2.54. The Morgan fingerprint density at radius 2 is 1.92 bits per heavy atom. The number of rotatable bonds is 2. The number of nitrogens with zero attached hydrogens (tertiary/aromatic N) is 2. The van der Waals surface area contributed by atoms with Gasteiger partial charge in [-0.25, -0.2) is 8.91 Å². The van der Waals surface area contributed by atoms with Gasteiger partial charge in [-0.15, -0.1) is 0 Å². The molecule has 0 aliphatic carbocycles. The highest BCUT2D eigenvalue weighted by molar-refractivity contribution is 9.10. The van der Waals surface area contributed by atoms with Gasteiger partial charge in [0.05, 0.1) is 22.2 Å². The second-order valence-electron chi connectivity index (χ2n) is 4.90. The molecule has 3 rings (SSSR count). The molecule has 124 valence electrons. The smallest absolute Gasteiger partial charge is 0.365 e. The molecule has 4 nitrogen and oxygen atoms in total. The SMILES string of the molecule is NC(=O)c1c(-c2c(F)ccc(C(F)(F)F)c2Br)nn2ccccc12. The van der Waals surface area contributed by atoms with Crippen molar-refractivity contribution in [3.8, 4) is 11.3 Å². The number of pyridine rings is 1. The molecule has 1 aromatic carbocycles. The van der Waals surface area contributed by atoms with E-state index in [0.29, 0.717) is 12.1 Å². The Morgan fingerprint density at radius 3 is 2.54 bits per heavy atom. The summed E-state index contributed by atoms with van der Waals surface area (Å²) in [6.45, 7) is 0. The zero-order valence-corrected chi connectivity index (χ0v) is 13.3. The number of primary amides is 1. The monoisotopic (exact) mass is 401 g/mol. The molecular weight excluding hydrogens is 394 g/mol. The average molecular weight is 402 g/mol. The summed E-state index contributed by atoms with van der Waals surface area (Å²) in [4.78, 5) is 11.8. The van der Waals surface area contributed by atoms with Gasteiger partial charge in [0.2, 0.25) is 0 Å². The summed E-state index contributed by atoms with van der Waals surface area (Å²) in [7, 11) is 0. The van der Waals surface area contributed by atoms with Crippen molar-refractivity contribution in [2.24, 2.45) is 5.73 Å². The van der Waals surface area contributed by atoms with Gasteiger partial charge < -0.3 is 5.73 Å². The Balaban J connectivity index is 2.40. The summed E-state index contributed by atoms with van der Waals surface area (Å²) in [5, 5.41) is 4.03. The van der Waals surface area contributed by atoms with Crippen LogP contribution in [0.1, 0.15) is 15.9 Å². The Hall–Kier alpha value is -2.42. The number of alkyl halides is 3. The maximum Gasteiger partial charge on any atom is 0.417 e. The van der Waals surface area contributed by atoms with E-state index >= 15 is 0 Å². The molecule has 9 heteroatoms. The summed E-state index contributed by atoms with van der Waals surface area (Å²) >= 11 is 2.78. The van der Waals surface area contributed by atoms with Crippen LogP contribution in [0.3, 0.4) is 0 Å². The minimum absolute atomic E-state index is 0.158. The number of nitrogens with two attached hydrogens (primary N) is 1. The number of aromatic nitrogens is 2. The molecule has 0 radical (unpaired) electrons. The Labute approximate surface area is 141 Å². The predicted molar refractivity (Wildman–Crippen MR) is 81.8 cm³/mol. The minimum atomic E-state index is -4.70. The van der Waals surface area contributed by atoms with Crippen molar-refractivity contribution in [2.75, 3.05) is 0 Å². The number of carbonyl (C=O) groups excluding carboxylic acids is 1. The second kappa shape index (κ2) is 5.59.